The molecule has 12 heteroatoms. The van der Waals surface area contributed by atoms with Gasteiger partial charge in [0.2, 0.25) is 11.3 Å². The van der Waals surface area contributed by atoms with E-state index in [1.165, 1.54) is 6.20 Å². The highest BCUT2D eigenvalue weighted by Crippen LogP contribution is 2.35. The molecule has 0 bridgehead atoms. The van der Waals surface area contributed by atoms with Crippen molar-refractivity contribution in [2.45, 2.75) is 25.4 Å². The van der Waals surface area contributed by atoms with Crippen molar-refractivity contribution in [2.75, 3.05) is 50.1 Å². The van der Waals surface area contributed by atoms with Crippen LogP contribution in [0.1, 0.15) is 23.7 Å². The lowest BCUT2D eigenvalue weighted by Crippen LogP contribution is -2.57. The SMILES string of the molecule is CC1CC(COc2ncccc2Cl)N(c2cc3c(cc2F)c(=O)c(C(=O)O)cn3-c2ccc(N3CC(N(C)C)C3)nc2)C1. The third-order valence-corrected chi connectivity index (χ3v) is 8.59. The van der Waals surface area contributed by atoms with Crippen molar-refractivity contribution < 1.29 is 19.0 Å². The van der Waals surface area contributed by atoms with Gasteiger partial charge in [0.05, 0.1) is 29.1 Å². The minimum atomic E-state index is -1.39. The van der Waals surface area contributed by atoms with E-state index in [4.69, 9.17) is 16.3 Å². The molecule has 0 spiro atoms. The normalized spacial score (nSPS) is 18.8. The predicted octanol–water partition coefficient (Wildman–Crippen LogP) is 4.32. The molecule has 1 aromatic carbocycles. The first kappa shape index (κ1) is 28.9. The summed E-state index contributed by atoms with van der Waals surface area (Å²) in [4.78, 5) is 40.3. The highest BCUT2D eigenvalue weighted by Gasteiger charge is 2.33. The number of pyridine rings is 3. The monoisotopic (exact) mass is 606 g/mol. The zero-order valence-electron chi connectivity index (χ0n) is 24.1. The maximum atomic E-state index is 15.8. The summed E-state index contributed by atoms with van der Waals surface area (Å²) in [6, 6.07) is 10.1. The Labute approximate surface area is 252 Å². The Hall–Kier alpha value is -4.22. The second-order valence-electron chi connectivity index (χ2n) is 11.5. The summed E-state index contributed by atoms with van der Waals surface area (Å²) in [6.07, 6.45) is 5.27. The summed E-state index contributed by atoms with van der Waals surface area (Å²) in [5.74, 6) is -0.632. The van der Waals surface area contributed by atoms with E-state index in [-0.39, 0.29) is 24.0 Å². The van der Waals surface area contributed by atoms with Crippen LogP contribution in [0.25, 0.3) is 16.6 Å². The second kappa shape index (κ2) is 11.5. The lowest BCUT2D eigenvalue weighted by atomic mass is 10.1. The number of nitrogens with zero attached hydrogens (tertiary/aromatic N) is 6. The standard InChI is InChI=1S/C31H32ClFN6O4/c1-18-9-20(17-43-30-24(32)5-4-8-34-30)38(13-18)27-11-26-22(10-25(27)33)29(40)23(31(41)42)16-39(26)19-6-7-28(35-12-19)37-14-21(15-37)36(2)3/h4-8,10-12,16,18,20-21H,9,13-15,17H2,1-3H3,(H,41,42). The van der Waals surface area contributed by atoms with E-state index in [0.29, 0.717) is 40.4 Å². The van der Waals surface area contributed by atoms with E-state index in [9.17, 15) is 14.7 Å². The van der Waals surface area contributed by atoms with Crippen molar-refractivity contribution in [3.63, 3.8) is 0 Å². The Morgan fingerprint density at radius 1 is 1.19 bits per heavy atom. The third kappa shape index (κ3) is 5.50. The molecule has 1 N–H and O–H groups in total. The molecule has 6 rings (SSSR count). The Kier molecular flexibility index (Phi) is 7.70. The largest absolute Gasteiger partial charge is 0.477 e. The molecule has 2 fully saturated rings. The molecule has 2 atom stereocenters. The van der Waals surface area contributed by atoms with E-state index in [0.717, 1.165) is 31.4 Å². The molecule has 2 aliphatic rings. The molecule has 0 saturated carbocycles. The number of aromatic nitrogens is 3. The van der Waals surface area contributed by atoms with Crippen LogP contribution in [0.15, 0.2) is 59.8 Å². The van der Waals surface area contributed by atoms with Gasteiger partial charge in [-0.1, -0.05) is 18.5 Å². The van der Waals surface area contributed by atoms with Gasteiger partial charge in [-0.3, -0.25) is 4.79 Å². The number of carbonyl (C=O) groups is 1. The number of carboxylic acid groups (broad SMARTS) is 1. The Bertz CT molecular complexity index is 1740. The lowest BCUT2D eigenvalue weighted by molar-refractivity contribution is 0.0695. The first-order valence-electron chi connectivity index (χ1n) is 14.1. The summed E-state index contributed by atoms with van der Waals surface area (Å²) in [7, 11) is 4.09. The average molecular weight is 607 g/mol. The number of anilines is 2. The summed E-state index contributed by atoms with van der Waals surface area (Å²) in [5, 5.41) is 10.1. The minimum Gasteiger partial charge on any atom is -0.477 e. The highest BCUT2D eigenvalue weighted by molar-refractivity contribution is 6.31. The summed E-state index contributed by atoms with van der Waals surface area (Å²) >= 11 is 6.22. The average Bonchev–Trinajstić information content (AvgIpc) is 3.32. The van der Waals surface area contributed by atoms with E-state index in [2.05, 4.69) is 26.7 Å². The molecule has 43 heavy (non-hydrogen) atoms. The van der Waals surface area contributed by atoms with E-state index in [1.807, 2.05) is 31.1 Å². The molecule has 3 aromatic heterocycles. The van der Waals surface area contributed by atoms with Gasteiger partial charge in [0.1, 0.15) is 28.8 Å². The maximum Gasteiger partial charge on any atom is 0.341 e. The number of fused-ring (bicyclic) bond motifs is 1. The molecule has 2 aliphatic heterocycles. The molecular formula is C31H32ClFN6O4. The Morgan fingerprint density at radius 2 is 1.98 bits per heavy atom. The van der Waals surface area contributed by atoms with Crippen LogP contribution in [0.2, 0.25) is 5.02 Å². The fourth-order valence-electron chi connectivity index (χ4n) is 5.85. The van der Waals surface area contributed by atoms with Crippen LogP contribution >= 0.6 is 11.6 Å². The van der Waals surface area contributed by atoms with Crippen molar-refractivity contribution in [1.29, 1.82) is 0 Å². The quantitative estimate of drug-likeness (QED) is 0.314. The van der Waals surface area contributed by atoms with Crippen LogP contribution in [0.5, 0.6) is 5.88 Å². The highest BCUT2D eigenvalue weighted by atomic mass is 35.5. The number of rotatable bonds is 8. The van der Waals surface area contributed by atoms with Gasteiger partial charge >= 0.3 is 5.97 Å². The number of ether oxygens (including phenoxy) is 1. The van der Waals surface area contributed by atoms with Crippen LogP contribution in [-0.4, -0.2) is 82.9 Å². The van der Waals surface area contributed by atoms with Crippen molar-refractivity contribution in [2.24, 2.45) is 5.92 Å². The molecule has 4 aromatic rings. The molecule has 224 valence electrons. The van der Waals surface area contributed by atoms with Gasteiger partial charge < -0.3 is 29.1 Å². The summed E-state index contributed by atoms with van der Waals surface area (Å²) in [5.41, 5.74) is 0.0355. The predicted molar refractivity (Wildman–Crippen MR) is 164 cm³/mol. The first-order chi connectivity index (χ1) is 20.6. The number of halogens is 2. The lowest BCUT2D eigenvalue weighted by Gasteiger charge is -2.43. The number of carboxylic acids is 1. The fraction of sp³-hybridized carbons (Fsp3) is 0.355. The second-order valence-corrected chi connectivity index (χ2v) is 11.9. The van der Waals surface area contributed by atoms with Gasteiger partial charge in [-0.25, -0.2) is 19.2 Å². The van der Waals surface area contributed by atoms with Gasteiger partial charge in [-0.05, 0) is 62.8 Å². The summed E-state index contributed by atoms with van der Waals surface area (Å²) < 4.78 is 23.3. The molecule has 0 aliphatic carbocycles. The number of hydrogen-bond acceptors (Lipinski definition) is 8. The number of benzene rings is 1. The van der Waals surface area contributed by atoms with Gasteiger partial charge in [0.15, 0.2) is 0 Å². The smallest absolute Gasteiger partial charge is 0.341 e. The van der Waals surface area contributed by atoms with Crippen molar-refractivity contribution in [3.8, 4) is 11.6 Å². The topological polar surface area (TPSA) is 104 Å². The number of hydrogen-bond donors (Lipinski definition) is 1. The zero-order chi connectivity index (χ0) is 30.4. The van der Waals surface area contributed by atoms with E-state index < -0.39 is 22.8 Å². The van der Waals surface area contributed by atoms with Gasteiger partial charge in [-0.2, -0.15) is 0 Å². The van der Waals surface area contributed by atoms with Crippen LogP contribution in [0, 0.1) is 11.7 Å². The van der Waals surface area contributed by atoms with Crippen LogP contribution < -0.4 is 20.0 Å². The van der Waals surface area contributed by atoms with Gasteiger partial charge in [0, 0.05) is 43.5 Å². The molecule has 0 radical (unpaired) electrons. The molecular weight excluding hydrogens is 575 g/mol. The number of aromatic carboxylic acids is 1. The Balaban J connectivity index is 1.38. The maximum absolute atomic E-state index is 15.8. The van der Waals surface area contributed by atoms with Gasteiger partial charge in [-0.15, -0.1) is 0 Å². The minimum absolute atomic E-state index is 0.0258. The van der Waals surface area contributed by atoms with Crippen LogP contribution in [0.4, 0.5) is 15.9 Å². The molecule has 10 nitrogen and oxygen atoms in total. The first-order valence-corrected chi connectivity index (χ1v) is 14.5. The third-order valence-electron chi connectivity index (χ3n) is 8.30. The number of likely N-dealkylation sites (N-methyl/N-ethyl adjacent to an activating group) is 1. The molecule has 5 heterocycles. The van der Waals surface area contributed by atoms with Crippen LogP contribution in [0.3, 0.4) is 0 Å². The van der Waals surface area contributed by atoms with Crippen molar-refractivity contribution in [1.82, 2.24) is 19.4 Å². The Morgan fingerprint density at radius 3 is 2.65 bits per heavy atom. The summed E-state index contributed by atoms with van der Waals surface area (Å²) in [6.45, 7) is 4.61. The molecule has 2 unspecified atom stereocenters. The van der Waals surface area contributed by atoms with Gasteiger partial charge in [0.25, 0.3) is 0 Å². The van der Waals surface area contributed by atoms with Crippen LogP contribution in [-0.2, 0) is 0 Å². The molecule has 2 saturated heterocycles. The van der Waals surface area contributed by atoms with Crippen molar-refractivity contribution in [3.05, 3.63) is 81.6 Å². The fourth-order valence-corrected chi connectivity index (χ4v) is 6.03. The van der Waals surface area contributed by atoms with E-state index >= 15 is 4.39 Å². The molecule has 0 amide bonds. The van der Waals surface area contributed by atoms with Crippen molar-refractivity contribution >= 4 is 40.0 Å². The zero-order valence-corrected chi connectivity index (χ0v) is 24.8. The van der Waals surface area contributed by atoms with E-state index in [1.54, 1.807) is 35.2 Å².